The number of carboxylic acids is 1. The Morgan fingerprint density at radius 1 is 1.12 bits per heavy atom. The largest absolute Gasteiger partial charge is 0.481 e. The molecule has 0 spiro atoms. The average Bonchev–Trinajstić information content (AvgIpc) is 2.81. The molecule has 0 atom stereocenters. The van der Waals surface area contributed by atoms with Crippen molar-refractivity contribution >= 4 is 34.8 Å². The lowest BCUT2D eigenvalue weighted by Gasteiger charge is -2.06. The highest BCUT2D eigenvalue weighted by Gasteiger charge is 2.27. The van der Waals surface area contributed by atoms with E-state index < -0.39 is 5.97 Å². The molecule has 1 aliphatic rings. The molecule has 0 aliphatic heterocycles. The molecule has 4 heteroatoms. The number of allylic oxidation sites excluding steroid dienone is 2. The van der Waals surface area contributed by atoms with E-state index in [1.165, 1.54) is 12.1 Å². The second kappa shape index (κ2) is 6.62. The van der Waals surface area contributed by atoms with Crippen molar-refractivity contribution < 1.29 is 14.3 Å². The van der Waals surface area contributed by atoms with Gasteiger partial charge >= 0.3 is 5.97 Å². The maximum Gasteiger partial charge on any atom is 0.307 e. The van der Waals surface area contributed by atoms with E-state index in [-0.39, 0.29) is 12.2 Å². The van der Waals surface area contributed by atoms with Crippen molar-refractivity contribution in [3.8, 4) is 0 Å². The van der Waals surface area contributed by atoms with Gasteiger partial charge in [-0.15, -0.1) is 0 Å². The number of carboxylic acid groups (broad SMARTS) is 1. The first-order valence-corrected chi connectivity index (χ1v) is 8.09. The number of rotatable bonds is 4. The summed E-state index contributed by atoms with van der Waals surface area (Å²) in [5, 5.41) is 9.88. The number of hydrogen-bond acceptors (Lipinski definition) is 1. The van der Waals surface area contributed by atoms with Crippen molar-refractivity contribution in [1.29, 1.82) is 0 Å². The number of fused-ring (bicyclic) bond motifs is 1. The third-order valence-electron chi connectivity index (χ3n) is 4.15. The van der Waals surface area contributed by atoms with Crippen LogP contribution in [-0.4, -0.2) is 11.1 Å². The predicted octanol–water partition coefficient (Wildman–Crippen LogP) is 5.67. The lowest BCUT2D eigenvalue weighted by atomic mass is 9.98. The maximum atomic E-state index is 13.7. The molecule has 3 rings (SSSR count). The summed E-state index contributed by atoms with van der Waals surface area (Å²) in [6.07, 6.45) is 2.57. The lowest BCUT2D eigenvalue weighted by Crippen LogP contribution is -1.97. The Morgan fingerprint density at radius 3 is 2.46 bits per heavy atom. The molecule has 0 unspecified atom stereocenters. The number of halogens is 2. The summed E-state index contributed by atoms with van der Waals surface area (Å²) in [4.78, 5) is 11.3. The molecule has 2 aromatic rings. The van der Waals surface area contributed by atoms with E-state index in [9.17, 15) is 14.3 Å². The van der Waals surface area contributed by atoms with Crippen LogP contribution < -0.4 is 0 Å². The smallest absolute Gasteiger partial charge is 0.307 e. The summed E-state index contributed by atoms with van der Waals surface area (Å²) in [7, 11) is 0. The first kappa shape index (κ1) is 16.5. The van der Waals surface area contributed by atoms with Gasteiger partial charge in [0.15, 0.2) is 0 Å². The first-order chi connectivity index (χ1) is 11.5. The molecule has 1 aliphatic carbocycles. The minimum absolute atomic E-state index is 0.114. The summed E-state index contributed by atoms with van der Waals surface area (Å²) < 4.78 is 13.7. The summed E-state index contributed by atoms with van der Waals surface area (Å²) in [5.74, 6) is -1.28. The van der Waals surface area contributed by atoms with E-state index in [0.29, 0.717) is 22.6 Å². The monoisotopic (exact) mass is 342 g/mol. The van der Waals surface area contributed by atoms with Gasteiger partial charge in [0, 0.05) is 5.02 Å². The van der Waals surface area contributed by atoms with Crippen molar-refractivity contribution in [1.82, 2.24) is 0 Å². The third-order valence-corrected chi connectivity index (χ3v) is 4.40. The highest BCUT2D eigenvalue weighted by atomic mass is 35.5. The van der Waals surface area contributed by atoms with E-state index in [4.69, 9.17) is 11.6 Å². The van der Waals surface area contributed by atoms with Gasteiger partial charge in [0.2, 0.25) is 0 Å². The maximum absolute atomic E-state index is 13.7. The summed E-state index contributed by atoms with van der Waals surface area (Å²) >= 11 is 5.93. The van der Waals surface area contributed by atoms with Gasteiger partial charge < -0.3 is 5.11 Å². The van der Waals surface area contributed by atoms with Crippen LogP contribution in [0.5, 0.6) is 0 Å². The van der Waals surface area contributed by atoms with Gasteiger partial charge in [0.05, 0.1) is 6.42 Å². The fourth-order valence-electron chi connectivity index (χ4n) is 3.14. The molecule has 0 saturated heterocycles. The van der Waals surface area contributed by atoms with Crippen LogP contribution in [0.2, 0.25) is 5.02 Å². The molecule has 24 heavy (non-hydrogen) atoms. The Morgan fingerprint density at radius 2 is 1.83 bits per heavy atom. The molecular weight excluding hydrogens is 327 g/mol. The quantitative estimate of drug-likeness (QED) is 0.777. The van der Waals surface area contributed by atoms with Gasteiger partial charge in [0.25, 0.3) is 0 Å². The van der Waals surface area contributed by atoms with Gasteiger partial charge in [-0.2, -0.15) is 0 Å². The van der Waals surface area contributed by atoms with Crippen molar-refractivity contribution in [2.45, 2.75) is 19.8 Å². The highest BCUT2D eigenvalue weighted by Crippen LogP contribution is 2.45. The Kier molecular flexibility index (Phi) is 4.54. The van der Waals surface area contributed by atoms with Crippen molar-refractivity contribution in [2.75, 3.05) is 0 Å². The van der Waals surface area contributed by atoms with Crippen LogP contribution >= 0.6 is 11.6 Å². The standard InChI is InChI=1S/C20H16ClFO2/c1-2-15-17(9-12-3-5-13(21)6-4-12)16-8-7-14(22)10-18(16)19(15)11-20(23)24/h3-10H,2,11H2,1H3,(H,23,24)/b17-9-. The van der Waals surface area contributed by atoms with Gasteiger partial charge in [-0.05, 0) is 70.2 Å². The van der Waals surface area contributed by atoms with Crippen LogP contribution in [0.1, 0.15) is 36.5 Å². The Labute approximate surface area is 144 Å². The second-order valence-electron chi connectivity index (χ2n) is 5.68. The molecule has 0 radical (unpaired) electrons. The number of aliphatic carboxylic acids is 1. The minimum atomic E-state index is -0.918. The molecule has 0 amide bonds. The van der Waals surface area contributed by atoms with Crippen molar-refractivity contribution in [3.63, 3.8) is 0 Å². The average molecular weight is 343 g/mol. The Bertz CT molecular complexity index is 864. The van der Waals surface area contributed by atoms with Gasteiger partial charge in [0.1, 0.15) is 5.82 Å². The molecule has 0 fully saturated rings. The molecule has 122 valence electrons. The number of benzene rings is 2. The molecular formula is C20H16ClFO2. The summed E-state index contributed by atoms with van der Waals surface area (Å²) in [6, 6.07) is 12.0. The Balaban J connectivity index is 2.19. The number of hydrogen-bond donors (Lipinski definition) is 1. The van der Waals surface area contributed by atoms with E-state index in [1.807, 2.05) is 37.3 Å². The molecule has 2 aromatic carbocycles. The van der Waals surface area contributed by atoms with E-state index in [0.717, 1.165) is 22.3 Å². The molecule has 0 heterocycles. The zero-order valence-electron chi connectivity index (χ0n) is 13.1. The fraction of sp³-hybridized carbons (Fsp3) is 0.150. The van der Waals surface area contributed by atoms with Crippen LogP contribution in [0, 0.1) is 5.82 Å². The second-order valence-corrected chi connectivity index (χ2v) is 6.12. The van der Waals surface area contributed by atoms with Crippen LogP contribution in [-0.2, 0) is 4.79 Å². The molecule has 2 nitrogen and oxygen atoms in total. The lowest BCUT2D eigenvalue weighted by molar-refractivity contribution is -0.135. The van der Waals surface area contributed by atoms with Crippen molar-refractivity contribution in [2.24, 2.45) is 0 Å². The van der Waals surface area contributed by atoms with Crippen LogP contribution in [0.25, 0.3) is 17.2 Å². The molecule has 0 saturated carbocycles. The van der Waals surface area contributed by atoms with Crippen LogP contribution in [0.4, 0.5) is 4.39 Å². The summed E-state index contributed by atoms with van der Waals surface area (Å²) in [6.45, 7) is 1.98. The van der Waals surface area contributed by atoms with Gasteiger partial charge in [-0.25, -0.2) is 4.39 Å². The minimum Gasteiger partial charge on any atom is -0.481 e. The van der Waals surface area contributed by atoms with E-state index in [2.05, 4.69) is 0 Å². The molecule has 0 bridgehead atoms. The molecule has 1 N–H and O–H groups in total. The first-order valence-electron chi connectivity index (χ1n) is 7.71. The third kappa shape index (κ3) is 3.13. The number of carbonyl (C=O) groups is 1. The van der Waals surface area contributed by atoms with Crippen LogP contribution in [0.3, 0.4) is 0 Å². The van der Waals surface area contributed by atoms with Crippen LogP contribution in [0.15, 0.2) is 48.0 Å². The van der Waals surface area contributed by atoms with Crippen molar-refractivity contribution in [3.05, 3.63) is 75.6 Å². The zero-order chi connectivity index (χ0) is 17.3. The molecule has 0 aromatic heterocycles. The fourth-order valence-corrected chi connectivity index (χ4v) is 3.26. The highest BCUT2D eigenvalue weighted by molar-refractivity contribution is 6.30. The van der Waals surface area contributed by atoms with E-state index in [1.54, 1.807) is 6.07 Å². The predicted molar refractivity (Wildman–Crippen MR) is 95.2 cm³/mol. The van der Waals surface area contributed by atoms with Gasteiger partial charge in [-0.3, -0.25) is 4.79 Å². The van der Waals surface area contributed by atoms with E-state index >= 15 is 0 Å². The SMILES string of the molecule is CCC1=C(CC(=O)O)c2cc(F)ccc2/C1=C\c1ccc(Cl)cc1. The summed E-state index contributed by atoms with van der Waals surface area (Å²) in [5.41, 5.74) is 5.11. The zero-order valence-corrected chi connectivity index (χ0v) is 13.9. The Hall–Kier alpha value is -2.39. The topological polar surface area (TPSA) is 37.3 Å². The normalized spacial score (nSPS) is 15.0. The van der Waals surface area contributed by atoms with Gasteiger partial charge in [-0.1, -0.05) is 36.7 Å².